The van der Waals surface area contributed by atoms with Gasteiger partial charge in [-0.2, -0.15) is 0 Å². The minimum absolute atomic E-state index is 0.371. The summed E-state index contributed by atoms with van der Waals surface area (Å²) in [5, 5.41) is 15.1. The van der Waals surface area contributed by atoms with Crippen molar-refractivity contribution in [2.75, 3.05) is 19.7 Å². The molecule has 4 heteroatoms. The minimum atomic E-state index is -0.453. The third-order valence-electron chi connectivity index (χ3n) is 2.95. The smallest absolute Gasteiger partial charge is 0.0897 e. The monoisotopic (exact) mass is 291 g/mol. The first-order valence-electron chi connectivity index (χ1n) is 6.87. The van der Waals surface area contributed by atoms with Crippen LogP contribution in [0.4, 0.5) is 0 Å². The Morgan fingerprint density at radius 1 is 1.15 bits per heavy atom. The fourth-order valence-corrected chi connectivity index (χ4v) is 2.54. The number of benzene rings is 1. The Morgan fingerprint density at radius 3 is 2.75 bits per heavy atom. The number of rotatable bonds is 9. The lowest BCUT2D eigenvalue weighted by molar-refractivity contribution is 0.0300. The van der Waals surface area contributed by atoms with Crippen LogP contribution in [-0.4, -0.2) is 30.9 Å². The second kappa shape index (κ2) is 8.87. The molecule has 3 nitrogen and oxygen atoms in total. The van der Waals surface area contributed by atoms with E-state index in [1.807, 2.05) is 35.7 Å². The molecule has 1 aromatic carbocycles. The lowest BCUT2D eigenvalue weighted by Gasteiger charge is -2.12. The Hall–Kier alpha value is -1.20. The van der Waals surface area contributed by atoms with E-state index in [2.05, 4.69) is 17.4 Å². The quantitative estimate of drug-likeness (QED) is 0.697. The number of thiophene rings is 1. The normalized spacial score (nSPS) is 12.4. The molecular weight excluding hydrogens is 270 g/mol. The molecule has 108 valence electrons. The standard InChI is InChI=1S/C16H21NO2S/c18-15(12-19-13-16-7-4-10-20-16)11-17-9-8-14-5-2-1-3-6-14/h1-7,10,15,17-18H,8-9,11-13H2. The minimum Gasteiger partial charge on any atom is -0.389 e. The van der Waals surface area contributed by atoms with E-state index in [9.17, 15) is 5.11 Å². The van der Waals surface area contributed by atoms with E-state index in [-0.39, 0.29) is 0 Å². The Balaban J connectivity index is 1.51. The summed E-state index contributed by atoms with van der Waals surface area (Å²) in [5.41, 5.74) is 1.31. The van der Waals surface area contributed by atoms with Crippen LogP contribution in [0.25, 0.3) is 0 Å². The molecule has 1 heterocycles. The second-order valence-corrected chi connectivity index (χ2v) is 5.72. The van der Waals surface area contributed by atoms with E-state index < -0.39 is 6.10 Å². The van der Waals surface area contributed by atoms with Crippen molar-refractivity contribution in [2.45, 2.75) is 19.1 Å². The first-order valence-corrected chi connectivity index (χ1v) is 7.75. The highest BCUT2D eigenvalue weighted by molar-refractivity contribution is 7.09. The number of aliphatic hydroxyl groups excluding tert-OH is 1. The summed E-state index contributed by atoms with van der Waals surface area (Å²) in [6.45, 7) is 2.39. The highest BCUT2D eigenvalue weighted by atomic mass is 32.1. The molecule has 1 aromatic heterocycles. The molecule has 2 N–H and O–H groups in total. The largest absolute Gasteiger partial charge is 0.389 e. The zero-order valence-electron chi connectivity index (χ0n) is 11.5. The summed E-state index contributed by atoms with van der Waals surface area (Å²) in [6, 6.07) is 14.4. The average molecular weight is 291 g/mol. The maximum absolute atomic E-state index is 9.79. The fraction of sp³-hybridized carbons (Fsp3) is 0.375. The van der Waals surface area contributed by atoms with Gasteiger partial charge in [0.25, 0.3) is 0 Å². The van der Waals surface area contributed by atoms with Crippen LogP contribution in [-0.2, 0) is 17.8 Å². The van der Waals surface area contributed by atoms with E-state index in [1.54, 1.807) is 11.3 Å². The fourth-order valence-electron chi connectivity index (χ4n) is 1.90. The Morgan fingerprint density at radius 2 is 2.00 bits per heavy atom. The molecule has 0 saturated heterocycles. The zero-order chi connectivity index (χ0) is 14.0. The summed E-state index contributed by atoms with van der Waals surface area (Å²) in [6.07, 6.45) is 0.523. The second-order valence-electron chi connectivity index (χ2n) is 4.69. The lowest BCUT2D eigenvalue weighted by atomic mass is 10.1. The van der Waals surface area contributed by atoms with Crippen LogP contribution in [0.1, 0.15) is 10.4 Å². The summed E-state index contributed by atoms with van der Waals surface area (Å²) < 4.78 is 5.48. The van der Waals surface area contributed by atoms with E-state index >= 15 is 0 Å². The predicted molar refractivity (Wildman–Crippen MR) is 83.0 cm³/mol. The van der Waals surface area contributed by atoms with Gasteiger partial charge >= 0.3 is 0 Å². The van der Waals surface area contributed by atoms with Crippen molar-refractivity contribution in [3.8, 4) is 0 Å². The maximum atomic E-state index is 9.79. The van der Waals surface area contributed by atoms with Gasteiger partial charge in [-0.25, -0.2) is 0 Å². The molecule has 0 radical (unpaired) electrons. The third kappa shape index (κ3) is 5.84. The van der Waals surface area contributed by atoms with Crippen molar-refractivity contribution in [1.29, 1.82) is 0 Å². The van der Waals surface area contributed by atoms with Crippen LogP contribution in [0, 0.1) is 0 Å². The SMILES string of the molecule is OC(CNCCc1ccccc1)COCc1cccs1. The van der Waals surface area contributed by atoms with Crippen molar-refractivity contribution in [1.82, 2.24) is 5.32 Å². The number of ether oxygens (including phenoxy) is 1. The van der Waals surface area contributed by atoms with Gasteiger partial charge in [-0.3, -0.25) is 0 Å². The molecule has 0 bridgehead atoms. The van der Waals surface area contributed by atoms with Crippen molar-refractivity contribution >= 4 is 11.3 Å². The Labute approximate surface area is 124 Å². The predicted octanol–water partition coefficient (Wildman–Crippen LogP) is 2.46. The third-order valence-corrected chi connectivity index (χ3v) is 3.80. The van der Waals surface area contributed by atoms with Crippen molar-refractivity contribution in [3.05, 3.63) is 58.3 Å². The van der Waals surface area contributed by atoms with Crippen LogP contribution in [0.2, 0.25) is 0 Å². The number of nitrogens with one attached hydrogen (secondary N) is 1. The molecule has 0 aliphatic carbocycles. The van der Waals surface area contributed by atoms with Gasteiger partial charge in [-0.05, 0) is 30.0 Å². The van der Waals surface area contributed by atoms with Gasteiger partial charge in [0.15, 0.2) is 0 Å². The number of aliphatic hydroxyl groups is 1. The van der Waals surface area contributed by atoms with Gasteiger partial charge in [0.2, 0.25) is 0 Å². The van der Waals surface area contributed by atoms with Crippen molar-refractivity contribution in [3.63, 3.8) is 0 Å². The molecule has 1 atom stereocenters. The molecule has 20 heavy (non-hydrogen) atoms. The summed E-state index contributed by atoms with van der Waals surface area (Å²) in [7, 11) is 0. The Bertz CT molecular complexity index is 459. The molecule has 2 aromatic rings. The lowest BCUT2D eigenvalue weighted by Crippen LogP contribution is -2.31. The highest BCUT2D eigenvalue weighted by Crippen LogP contribution is 2.09. The number of hydrogen-bond donors (Lipinski definition) is 2. The van der Waals surface area contributed by atoms with Gasteiger partial charge in [0, 0.05) is 11.4 Å². The van der Waals surface area contributed by atoms with Crippen LogP contribution >= 0.6 is 11.3 Å². The highest BCUT2D eigenvalue weighted by Gasteiger charge is 2.04. The average Bonchev–Trinajstić information content (AvgIpc) is 2.98. The van der Waals surface area contributed by atoms with Crippen LogP contribution in [0.5, 0.6) is 0 Å². The summed E-state index contributed by atoms with van der Waals surface area (Å²) >= 11 is 1.67. The molecule has 0 amide bonds. The number of hydrogen-bond acceptors (Lipinski definition) is 4. The molecule has 1 unspecified atom stereocenters. The molecule has 0 aliphatic rings. The van der Waals surface area contributed by atoms with Gasteiger partial charge in [0.1, 0.15) is 0 Å². The molecule has 0 aliphatic heterocycles. The molecular formula is C16H21NO2S. The van der Waals surface area contributed by atoms with Gasteiger partial charge in [0.05, 0.1) is 19.3 Å². The molecule has 0 saturated carbocycles. The van der Waals surface area contributed by atoms with Crippen LogP contribution in [0.3, 0.4) is 0 Å². The topological polar surface area (TPSA) is 41.5 Å². The first kappa shape index (κ1) is 15.2. The molecule has 2 rings (SSSR count). The van der Waals surface area contributed by atoms with E-state index in [0.717, 1.165) is 13.0 Å². The van der Waals surface area contributed by atoms with Gasteiger partial charge in [-0.1, -0.05) is 36.4 Å². The summed E-state index contributed by atoms with van der Waals surface area (Å²) in [4.78, 5) is 1.19. The first-order chi connectivity index (χ1) is 9.84. The molecule has 0 spiro atoms. The van der Waals surface area contributed by atoms with Gasteiger partial charge in [-0.15, -0.1) is 11.3 Å². The molecule has 0 fully saturated rings. The van der Waals surface area contributed by atoms with Crippen molar-refractivity contribution in [2.24, 2.45) is 0 Å². The summed E-state index contributed by atoms with van der Waals surface area (Å²) in [5.74, 6) is 0. The maximum Gasteiger partial charge on any atom is 0.0897 e. The van der Waals surface area contributed by atoms with Crippen LogP contribution < -0.4 is 5.32 Å². The van der Waals surface area contributed by atoms with Gasteiger partial charge < -0.3 is 15.2 Å². The Kier molecular flexibility index (Phi) is 6.74. The van der Waals surface area contributed by atoms with Crippen molar-refractivity contribution < 1.29 is 9.84 Å². The van der Waals surface area contributed by atoms with Crippen LogP contribution in [0.15, 0.2) is 47.8 Å². The van der Waals surface area contributed by atoms with E-state index in [4.69, 9.17) is 4.74 Å². The van der Waals surface area contributed by atoms with E-state index in [0.29, 0.717) is 19.8 Å². The van der Waals surface area contributed by atoms with E-state index in [1.165, 1.54) is 10.4 Å². The zero-order valence-corrected chi connectivity index (χ0v) is 12.3.